The van der Waals surface area contributed by atoms with Crippen LogP contribution in [0, 0.1) is 11.8 Å². The van der Waals surface area contributed by atoms with E-state index in [9.17, 15) is 4.79 Å². The number of carbonyl (C=O) groups excluding carboxylic acids is 1. The Morgan fingerprint density at radius 1 is 1.26 bits per heavy atom. The third-order valence-corrected chi connectivity index (χ3v) is 4.86. The average Bonchev–Trinajstić information content (AvgIpc) is 2.39. The molecule has 0 aromatic rings. The van der Waals surface area contributed by atoms with Gasteiger partial charge in [-0.05, 0) is 57.4 Å². The van der Waals surface area contributed by atoms with E-state index in [0.29, 0.717) is 5.91 Å². The zero-order valence-electron chi connectivity index (χ0n) is 12.6. The maximum atomic E-state index is 12.6. The monoisotopic (exact) mass is 288 g/mol. The number of likely N-dealkylation sites (tertiary alicyclic amines) is 1. The molecular formula is C15H29ClN2O. The quantitative estimate of drug-likeness (QED) is 0.847. The van der Waals surface area contributed by atoms with Gasteiger partial charge in [-0.1, -0.05) is 13.8 Å². The van der Waals surface area contributed by atoms with Crippen molar-refractivity contribution in [3.63, 3.8) is 0 Å². The number of nitrogens with zero attached hydrogens (tertiary/aromatic N) is 1. The van der Waals surface area contributed by atoms with Crippen molar-refractivity contribution in [2.45, 2.75) is 58.4 Å². The van der Waals surface area contributed by atoms with Crippen molar-refractivity contribution in [1.29, 1.82) is 0 Å². The second-order valence-corrected chi connectivity index (χ2v) is 6.59. The smallest absolute Gasteiger partial charge is 0.242 e. The summed E-state index contributed by atoms with van der Waals surface area (Å²) in [5, 5.41) is 3.44. The molecule has 2 fully saturated rings. The summed E-state index contributed by atoms with van der Waals surface area (Å²) in [5.74, 6) is 1.90. The molecule has 0 bridgehead atoms. The van der Waals surface area contributed by atoms with Gasteiger partial charge in [0, 0.05) is 13.1 Å². The highest BCUT2D eigenvalue weighted by Gasteiger charge is 2.38. The predicted molar refractivity (Wildman–Crippen MR) is 81.6 cm³/mol. The van der Waals surface area contributed by atoms with Crippen molar-refractivity contribution in [3.05, 3.63) is 0 Å². The first-order chi connectivity index (χ1) is 8.53. The molecule has 2 aliphatic heterocycles. The molecule has 112 valence electrons. The molecule has 2 saturated heterocycles. The highest BCUT2D eigenvalue weighted by Crippen LogP contribution is 2.27. The van der Waals surface area contributed by atoms with Gasteiger partial charge in [-0.15, -0.1) is 12.4 Å². The summed E-state index contributed by atoms with van der Waals surface area (Å²) in [7, 11) is 0. The lowest BCUT2D eigenvalue weighted by molar-refractivity contribution is -0.140. The number of amides is 1. The fraction of sp³-hybridized carbons (Fsp3) is 0.933. The van der Waals surface area contributed by atoms with Crippen LogP contribution in [0.5, 0.6) is 0 Å². The molecule has 3 nitrogen and oxygen atoms in total. The standard InChI is InChI=1S/C15H28N2O.ClH/c1-12(2)13-6-10-17(11-7-13)14(18)15(3)8-4-5-9-16-15;/h12-13,16H,4-11H2,1-3H3;1H. The molecule has 4 heteroatoms. The zero-order valence-corrected chi connectivity index (χ0v) is 13.4. The number of piperidine rings is 2. The molecule has 1 amide bonds. The molecule has 1 N–H and O–H groups in total. The van der Waals surface area contributed by atoms with Gasteiger partial charge in [0.15, 0.2) is 0 Å². The van der Waals surface area contributed by atoms with Gasteiger partial charge >= 0.3 is 0 Å². The Hall–Kier alpha value is -0.280. The lowest BCUT2D eigenvalue weighted by Gasteiger charge is -2.41. The normalized spacial score (nSPS) is 29.2. The molecule has 2 rings (SSSR count). The van der Waals surface area contributed by atoms with Crippen LogP contribution in [0.25, 0.3) is 0 Å². The van der Waals surface area contributed by atoms with Crippen LogP contribution in [0.4, 0.5) is 0 Å². The number of hydrogen-bond donors (Lipinski definition) is 1. The second kappa shape index (κ2) is 6.94. The molecule has 0 radical (unpaired) electrons. The van der Waals surface area contributed by atoms with Crippen molar-refractivity contribution in [1.82, 2.24) is 10.2 Å². The highest BCUT2D eigenvalue weighted by atomic mass is 35.5. The first kappa shape index (κ1) is 16.8. The number of carbonyl (C=O) groups is 1. The summed E-state index contributed by atoms with van der Waals surface area (Å²) in [5.41, 5.74) is -0.289. The van der Waals surface area contributed by atoms with Crippen LogP contribution in [0.2, 0.25) is 0 Å². The van der Waals surface area contributed by atoms with E-state index in [4.69, 9.17) is 0 Å². The SMILES string of the molecule is CC(C)C1CCN(C(=O)C2(C)CCCCN2)CC1.Cl. The van der Waals surface area contributed by atoms with E-state index in [0.717, 1.165) is 37.9 Å². The maximum absolute atomic E-state index is 12.6. The van der Waals surface area contributed by atoms with E-state index >= 15 is 0 Å². The summed E-state index contributed by atoms with van der Waals surface area (Å²) >= 11 is 0. The fourth-order valence-electron chi connectivity index (χ4n) is 3.36. The van der Waals surface area contributed by atoms with Gasteiger partial charge in [0.25, 0.3) is 0 Å². The van der Waals surface area contributed by atoms with Gasteiger partial charge in [0.1, 0.15) is 0 Å². The summed E-state index contributed by atoms with van der Waals surface area (Å²) in [6.45, 7) is 9.59. The van der Waals surface area contributed by atoms with Crippen molar-refractivity contribution < 1.29 is 4.79 Å². The Labute approximate surface area is 123 Å². The largest absolute Gasteiger partial charge is 0.341 e. The fourth-order valence-corrected chi connectivity index (χ4v) is 3.36. The first-order valence-electron chi connectivity index (χ1n) is 7.57. The first-order valence-corrected chi connectivity index (χ1v) is 7.57. The Balaban J connectivity index is 0.00000180. The molecule has 0 aromatic heterocycles. The third kappa shape index (κ3) is 3.85. The number of hydrogen-bond acceptors (Lipinski definition) is 2. The van der Waals surface area contributed by atoms with Crippen LogP contribution in [-0.4, -0.2) is 36.0 Å². The lowest BCUT2D eigenvalue weighted by atomic mass is 9.84. The summed E-state index contributed by atoms with van der Waals surface area (Å²) in [6.07, 6.45) is 5.74. The molecule has 19 heavy (non-hydrogen) atoms. The number of rotatable bonds is 2. The average molecular weight is 289 g/mol. The lowest BCUT2D eigenvalue weighted by Crippen LogP contribution is -2.59. The van der Waals surface area contributed by atoms with Gasteiger partial charge < -0.3 is 10.2 Å². The van der Waals surface area contributed by atoms with Gasteiger partial charge in [-0.25, -0.2) is 0 Å². The van der Waals surface area contributed by atoms with E-state index in [1.165, 1.54) is 25.7 Å². The molecule has 2 heterocycles. The van der Waals surface area contributed by atoms with Gasteiger partial charge in [0.2, 0.25) is 5.91 Å². The van der Waals surface area contributed by atoms with Crippen LogP contribution in [0.1, 0.15) is 52.9 Å². The summed E-state index contributed by atoms with van der Waals surface area (Å²) in [6, 6.07) is 0. The Morgan fingerprint density at radius 2 is 1.89 bits per heavy atom. The molecule has 1 unspecified atom stereocenters. The minimum absolute atomic E-state index is 0. The number of halogens is 1. The van der Waals surface area contributed by atoms with Crippen molar-refractivity contribution in [2.24, 2.45) is 11.8 Å². The van der Waals surface area contributed by atoms with Crippen molar-refractivity contribution in [2.75, 3.05) is 19.6 Å². The van der Waals surface area contributed by atoms with E-state index in [2.05, 4.69) is 31.0 Å². The Kier molecular flexibility index (Phi) is 6.13. The Bertz CT molecular complexity index is 293. The van der Waals surface area contributed by atoms with Gasteiger partial charge in [-0.3, -0.25) is 4.79 Å². The zero-order chi connectivity index (χ0) is 13.2. The molecule has 1 atom stereocenters. The minimum atomic E-state index is -0.289. The van der Waals surface area contributed by atoms with E-state index in [1.54, 1.807) is 0 Å². The van der Waals surface area contributed by atoms with Crippen LogP contribution in [0.3, 0.4) is 0 Å². The Morgan fingerprint density at radius 3 is 2.37 bits per heavy atom. The van der Waals surface area contributed by atoms with Gasteiger partial charge in [-0.2, -0.15) is 0 Å². The van der Waals surface area contributed by atoms with Crippen LogP contribution >= 0.6 is 12.4 Å². The molecule has 0 spiro atoms. The van der Waals surface area contributed by atoms with E-state index < -0.39 is 0 Å². The van der Waals surface area contributed by atoms with Crippen molar-refractivity contribution >= 4 is 18.3 Å². The summed E-state index contributed by atoms with van der Waals surface area (Å²) in [4.78, 5) is 14.7. The molecule has 0 aliphatic carbocycles. The molecular weight excluding hydrogens is 260 g/mol. The minimum Gasteiger partial charge on any atom is -0.341 e. The van der Waals surface area contributed by atoms with Crippen LogP contribution < -0.4 is 5.32 Å². The number of nitrogens with one attached hydrogen (secondary N) is 1. The molecule has 2 aliphatic rings. The van der Waals surface area contributed by atoms with E-state index in [1.807, 2.05) is 0 Å². The predicted octanol–water partition coefficient (Wildman–Crippen LogP) is 2.84. The van der Waals surface area contributed by atoms with Gasteiger partial charge in [0.05, 0.1) is 5.54 Å². The van der Waals surface area contributed by atoms with Crippen LogP contribution in [0.15, 0.2) is 0 Å². The van der Waals surface area contributed by atoms with Crippen molar-refractivity contribution in [3.8, 4) is 0 Å². The second-order valence-electron chi connectivity index (χ2n) is 6.59. The van der Waals surface area contributed by atoms with Crippen LogP contribution in [-0.2, 0) is 4.79 Å². The summed E-state index contributed by atoms with van der Waals surface area (Å²) < 4.78 is 0. The molecule has 0 aromatic carbocycles. The third-order valence-electron chi connectivity index (χ3n) is 4.86. The molecule has 0 saturated carbocycles. The topological polar surface area (TPSA) is 32.3 Å². The highest BCUT2D eigenvalue weighted by molar-refractivity contribution is 5.86. The maximum Gasteiger partial charge on any atom is 0.242 e. The van der Waals surface area contributed by atoms with E-state index in [-0.39, 0.29) is 17.9 Å².